The SMILES string of the molecule is CCNCc1cc(F)ccc1-c1cccc(F)c1. The van der Waals surface area contributed by atoms with Crippen molar-refractivity contribution in [2.24, 2.45) is 0 Å². The van der Waals surface area contributed by atoms with Crippen LogP contribution in [0.4, 0.5) is 8.78 Å². The summed E-state index contributed by atoms with van der Waals surface area (Å²) in [4.78, 5) is 0. The van der Waals surface area contributed by atoms with Gasteiger partial charge in [-0.25, -0.2) is 8.78 Å². The highest BCUT2D eigenvalue weighted by atomic mass is 19.1. The molecule has 3 heteroatoms. The molecule has 1 N–H and O–H groups in total. The van der Waals surface area contributed by atoms with E-state index in [4.69, 9.17) is 0 Å². The van der Waals surface area contributed by atoms with E-state index < -0.39 is 0 Å². The maximum atomic E-state index is 13.3. The van der Waals surface area contributed by atoms with Crippen LogP contribution in [0, 0.1) is 11.6 Å². The average Bonchev–Trinajstić information content (AvgIpc) is 2.36. The van der Waals surface area contributed by atoms with Gasteiger partial charge in [-0.1, -0.05) is 25.1 Å². The lowest BCUT2D eigenvalue weighted by molar-refractivity contribution is 0.622. The molecule has 0 spiro atoms. The number of halogens is 2. The van der Waals surface area contributed by atoms with E-state index >= 15 is 0 Å². The second kappa shape index (κ2) is 5.74. The highest BCUT2D eigenvalue weighted by Gasteiger charge is 2.07. The van der Waals surface area contributed by atoms with Gasteiger partial charge in [0, 0.05) is 6.54 Å². The van der Waals surface area contributed by atoms with E-state index in [0.29, 0.717) is 6.54 Å². The van der Waals surface area contributed by atoms with Crippen molar-refractivity contribution in [3.63, 3.8) is 0 Å². The summed E-state index contributed by atoms with van der Waals surface area (Å²) in [6.07, 6.45) is 0. The molecule has 0 fully saturated rings. The molecule has 18 heavy (non-hydrogen) atoms. The lowest BCUT2D eigenvalue weighted by Crippen LogP contribution is -2.12. The predicted molar refractivity (Wildman–Crippen MR) is 69.2 cm³/mol. The van der Waals surface area contributed by atoms with E-state index in [1.54, 1.807) is 12.1 Å². The number of hydrogen-bond donors (Lipinski definition) is 1. The molecule has 2 rings (SSSR count). The van der Waals surface area contributed by atoms with Gasteiger partial charge in [0.25, 0.3) is 0 Å². The van der Waals surface area contributed by atoms with Crippen LogP contribution in [0.3, 0.4) is 0 Å². The van der Waals surface area contributed by atoms with Gasteiger partial charge in [0.1, 0.15) is 11.6 Å². The topological polar surface area (TPSA) is 12.0 Å². The van der Waals surface area contributed by atoms with Gasteiger partial charge in [-0.3, -0.25) is 0 Å². The zero-order chi connectivity index (χ0) is 13.0. The van der Waals surface area contributed by atoms with Gasteiger partial charge in [-0.15, -0.1) is 0 Å². The number of benzene rings is 2. The summed E-state index contributed by atoms with van der Waals surface area (Å²) in [5, 5.41) is 3.16. The minimum absolute atomic E-state index is 0.275. The van der Waals surface area contributed by atoms with E-state index in [1.807, 2.05) is 13.0 Å². The largest absolute Gasteiger partial charge is 0.313 e. The highest BCUT2D eigenvalue weighted by Crippen LogP contribution is 2.25. The number of nitrogens with one attached hydrogen (secondary N) is 1. The Morgan fingerprint density at radius 3 is 2.50 bits per heavy atom. The second-order valence-corrected chi connectivity index (χ2v) is 4.09. The van der Waals surface area contributed by atoms with Gasteiger partial charge in [-0.05, 0) is 47.5 Å². The van der Waals surface area contributed by atoms with Gasteiger partial charge < -0.3 is 5.32 Å². The van der Waals surface area contributed by atoms with Gasteiger partial charge >= 0.3 is 0 Å². The summed E-state index contributed by atoms with van der Waals surface area (Å²) in [6, 6.07) is 10.9. The van der Waals surface area contributed by atoms with Crippen molar-refractivity contribution in [1.29, 1.82) is 0 Å². The molecule has 1 nitrogen and oxygen atoms in total. The molecule has 0 saturated carbocycles. The van der Waals surface area contributed by atoms with Crippen molar-refractivity contribution in [2.75, 3.05) is 6.54 Å². The summed E-state index contributed by atoms with van der Waals surface area (Å²) in [6.45, 7) is 3.36. The molecule has 0 saturated heterocycles. The fourth-order valence-electron chi connectivity index (χ4n) is 1.91. The van der Waals surface area contributed by atoms with Crippen molar-refractivity contribution in [3.05, 3.63) is 59.7 Å². The lowest BCUT2D eigenvalue weighted by Gasteiger charge is -2.10. The Labute approximate surface area is 105 Å². The molecule has 0 aliphatic carbocycles. The van der Waals surface area contributed by atoms with E-state index in [0.717, 1.165) is 23.2 Å². The first-order chi connectivity index (χ1) is 8.70. The zero-order valence-corrected chi connectivity index (χ0v) is 10.2. The summed E-state index contributed by atoms with van der Waals surface area (Å²) >= 11 is 0. The summed E-state index contributed by atoms with van der Waals surface area (Å²) in [5.41, 5.74) is 2.46. The fourth-order valence-corrected chi connectivity index (χ4v) is 1.91. The van der Waals surface area contributed by atoms with Crippen molar-refractivity contribution in [1.82, 2.24) is 5.32 Å². The molecule has 0 unspecified atom stereocenters. The minimum atomic E-state index is -0.286. The van der Waals surface area contributed by atoms with Crippen molar-refractivity contribution >= 4 is 0 Å². The average molecular weight is 247 g/mol. The first kappa shape index (κ1) is 12.7. The Morgan fingerprint density at radius 1 is 1.00 bits per heavy atom. The molecular weight excluding hydrogens is 232 g/mol. The fraction of sp³-hybridized carbons (Fsp3) is 0.200. The Bertz CT molecular complexity index is 538. The standard InChI is InChI=1S/C15H15F2N/c1-2-18-10-12-9-14(17)6-7-15(12)11-4-3-5-13(16)8-11/h3-9,18H,2,10H2,1H3. The minimum Gasteiger partial charge on any atom is -0.313 e. The second-order valence-electron chi connectivity index (χ2n) is 4.09. The third kappa shape index (κ3) is 2.93. The molecule has 0 bridgehead atoms. The zero-order valence-electron chi connectivity index (χ0n) is 10.2. The predicted octanol–water partition coefficient (Wildman–Crippen LogP) is 3.74. The Balaban J connectivity index is 2.42. The summed E-state index contributed by atoms with van der Waals surface area (Å²) < 4.78 is 26.5. The van der Waals surface area contributed by atoms with Crippen LogP contribution in [-0.4, -0.2) is 6.54 Å². The van der Waals surface area contributed by atoms with E-state index in [-0.39, 0.29) is 11.6 Å². The van der Waals surface area contributed by atoms with Crippen LogP contribution in [0.1, 0.15) is 12.5 Å². The quantitative estimate of drug-likeness (QED) is 0.867. The van der Waals surface area contributed by atoms with Gasteiger partial charge in [-0.2, -0.15) is 0 Å². The van der Waals surface area contributed by atoms with Gasteiger partial charge in [0.15, 0.2) is 0 Å². The van der Waals surface area contributed by atoms with Crippen LogP contribution in [0.2, 0.25) is 0 Å². The Kier molecular flexibility index (Phi) is 4.05. The third-order valence-electron chi connectivity index (χ3n) is 2.77. The molecule has 0 atom stereocenters. The molecular formula is C15H15F2N. The maximum Gasteiger partial charge on any atom is 0.123 e. The molecule has 0 aromatic heterocycles. The lowest BCUT2D eigenvalue weighted by atomic mass is 9.99. The third-order valence-corrected chi connectivity index (χ3v) is 2.77. The van der Waals surface area contributed by atoms with Crippen LogP contribution in [0.15, 0.2) is 42.5 Å². The van der Waals surface area contributed by atoms with Crippen LogP contribution < -0.4 is 5.32 Å². The molecule has 0 amide bonds. The molecule has 0 heterocycles. The van der Waals surface area contributed by atoms with Crippen LogP contribution in [0.5, 0.6) is 0 Å². The molecule has 2 aromatic rings. The van der Waals surface area contributed by atoms with Crippen molar-refractivity contribution in [3.8, 4) is 11.1 Å². The molecule has 94 valence electrons. The summed E-state index contributed by atoms with van der Waals surface area (Å²) in [5.74, 6) is -0.561. The molecule has 0 aliphatic rings. The Morgan fingerprint density at radius 2 is 1.78 bits per heavy atom. The maximum absolute atomic E-state index is 13.3. The van der Waals surface area contributed by atoms with E-state index in [9.17, 15) is 8.78 Å². The Hall–Kier alpha value is -1.74. The van der Waals surface area contributed by atoms with Gasteiger partial charge in [0.2, 0.25) is 0 Å². The number of rotatable bonds is 4. The monoisotopic (exact) mass is 247 g/mol. The number of hydrogen-bond acceptors (Lipinski definition) is 1. The molecule has 0 radical (unpaired) electrons. The van der Waals surface area contributed by atoms with Crippen LogP contribution in [-0.2, 0) is 6.54 Å². The smallest absolute Gasteiger partial charge is 0.123 e. The van der Waals surface area contributed by atoms with Gasteiger partial charge in [0.05, 0.1) is 0 Å². The van der Waals surface area contributed by atoms with Crippen molar-refractivity contribution < 1.29 is 8.78 Å². The van der Waals surface area contributed by atoms with E-state index in [1.165, 1.54) is 24.3 Å². The molecule has 2 aromatic carbocycles. The van der Waals surface area contributed by atoms with Crippen molar-refractivity contribution in [2.45, 2.75) is 13.5 Å². The highest BCUT2D eigenvalue weighted by molar-refractivity contribution is 5.67. The van der Waals surface area contributed by atoms with E-state index in [2.05, 4.69) is 5.32 Å². The van der Waals surface area contributed by atoms with Crippen LogP contribution >= 0.6 is 0 Å². The molecule has 0 aliphatic heterocycles. The first-order valence-electron chi connectivity index (χ1n) is 5.96. The first-order valence-corrected chi connectivity index (χ1v) is 5.96. The normalized spacial score (nSPS) is 10.6. The summed E-state index contributed by atoms with van der Waals surface area (Å²) in [7, 11) is 0. The van der Waals surface area contributed by atoms with Crippen LogP contribution in [0.25, 0.3) is 11.1 Å².